The Morgan fingerprint density at radius 3 is 2.45 bits per heavy atom. The molecule has 1 aromatic heterocycles. The fourth-order valence-corrected chi connectivity index (χ4v) is 3.37. The Balaban J connectivity index is 2.98. The third-order valence-electron chi connectivity index (χ3n) is 3.40. The van der Waals surface area contributed by atoms with Crippen LogP contribution < -0.4 is 5.73 Å². The maximum Gasteiger partial charge on any atom is 0.236 e. The minimum atomic E-state index is -0.0142. The molecule has 1 heterocycles. The highest BCUT2D eigenvalue weighted by Gasteiger charge is 2.28. The normalized spacial score (nSPS) is 14.3. The van der Waals surface area contributed by atoms with Crippen LogP contribution in [0.1, 0.15) is 31.2 Å². The molecule has 0 saturated carbocycles. The largest absolute Gasteiger partial charge is 0.348 e. The molecule has 4 nitrogen and oxygen atoms in total. The summed E-state index contributed by atoms with van der Waals surface area (Å²) in [5, 5.41) is 0. The Morgan fingerprint density at radius 2 is 2.05 bits per heavy atom. The molecule has 2 unspecified atom stereocenters. The highest BCUT2D eigenvalue weighted by Crippen LogP contribution is 2.33. The lowest BCUT2D eigenvalue weighted by atomic mass is 10.0. The first-order valence-electron chi connectivity index (χ1n) is 6.85. The molecule has 114 valence electrons. The zero-order chi connectivity index (χ0) is 15.3. The molecule has 6 heteroatoms. The minimum absolute atomic E-state index is 0.0142. The van der Waals surface area contributed by atoms with Crippen molar-refractivity contribution in [2.24, 2.45) is 5.73 Å². The van der Waals surface area contributed by atoms with Crippen molar-refractivity contribution in [2.75, 3.05) is 27.2 Å². The molecule has 0 aliphatic carbocycles. The van der Waals surface area contributed by atoms with Gasteiger partial charge in [-0.1, -0.05) is 25.4 Å². The third-order valence-corrected chi connectivity index (χ3v) is 4.70. The van der Waals surface area contributed by atoms with Gasteiger partial charge in [0.05, 0.1) is 16.9 Å². The SMILES string of the molecule is CCC(N)C(c1ccc(Cl)s1)N(CC)CC(=O)N(C)C. The maximum absolute atomic E-state index is 12.0. The van der Waals surface area contributed by atoms with Crippen LogP contribution >= 0.6 is 22.9 Å². The lowest BCUT2D eigenvalue weighted by Gasteiger charge is -2.34. The monoisotopic (exact) mass is 317 g/mol. The third kappa shape index (κ3) is 4.45. The average molecular weight is 318 g/mol. The number of nitrogens with two attached hydrogens (primary N) is 1. The van der Waals surface area contributed by atoms with Crippen LogP contribution in [0.3, 0.4) is 0 Å². The summed E-state index contributed by atoms with van der Waals surface area (Å²) in [5.41, 5.74) is 6.28. The molecule has 1 rings (SSSR count). The van der Waals surface area contributed by atoms with Crippen molar-refractivity contribution >= 4 is 28.8 Å². The molecule has 0 aliphatic heterocycles. The number of hydrogen-bond donors (Lipinski definition) is 1. The Kier molecular flexibility index (Phi) is 6.95. The van der Waals surface area contributed by atoms with Crippen molar-refractivity contribution in [3.63, 3.8) is 0 Å². The van der Waals surface area contributed by atoms with Crippen LogP contribution in [0.15, 0.2) is 12.1 Å². The van der Waals surface area contributed by atoms with Gasteiger partial charge < -0.3 is 10.6 Å². The second-order valence-electron chi connectivity index (χ2n) is 5.01. The highest BCUT2D eigenvalue weighted by atomic mass is 35.5. The summed E-state index contributed by atoms with van der Waals surface area (Å²) >= 11 is 7.58. The van der Waals surface area contributed by atoms with Crippen LogP contribution in [-0.2, 0) is 4.79 Å². The Morgan fingerprint density at radius 1 is 1.40 bits per heavy atom. The number of rotatable bonds is 7. The summed E-state index contributed by atoms with van der Waals surface area (Å²) in [6, 6.07) is 3.92. The minimum Gasteiger partial charge on any atom is -0.348 e. The summed E-state index contributed by atoms with van der Waals surface area (Å²) in [6.07, 6.45) is 0.854. The van der Waals surface area contributed by atoms with Crippen LogP contribution in [0.2, 0.25) is 4.34 Å². The van der Waals surface area contributed by atoms with Gasteiger partial charge >= 0.3 is 0 Å². The van der Waals surface area contributed by atoms with E-state index in [2.05, 4.69) is 11.8 Å². The van der Waals surface area contributed by atoms with Gasteiger partial charge in [0.1, 0.15) is 0 Å². The van der Waals surface area contributed by atoms with E-state index in [1.807, 2.05) is 19.1 Å². The number of halogens is 1. The smallest absolute Gasteiger partial charge is 0.236 e. The van der Waals surface area contributed by atoms with Crippen molar-refractivity contribution in [3.05, 3.63) is 21.3 Å². The predicted octanol–water partition coefficient (Wildman–Crippen LogP) is 2.59. The number of carbonyl (C=O) groups is 1. The molecule has 0 radical (unpaired) electrons. The number of hydrogen-bond acceptors (Lipinski definition) is 4. The summed E-state index contributed by atoms with van der Waals surface area (Å²) in [7, 11) is 3.54. The summed E-state index contributed by atoms with van der Waals surface area (Å²) in [6.45, 7) is 5.26. The number of amides is 1. The topological polar surface area (TPSA) is 49.6 Å². The molecule has 0 saturated heterocycles. The molecular weight excluding hydrogens is 294 g/mol. The summed E-state index contributed by atoms with van der Waals surface area (Å²) in [4.78, 5) is 16.8. The molecule has 0 aliphatic rings. The molecular formula is C14H24ClN3OS. The van der Waals surface area contributed by atoms with E-state index in [-0.39, 0.29) is 18.0 Å². The second kappa shape index (κ2) is 7.98. The van der Waals surface area contributed by atoms with Crippen LogP contribution in [0, 0.1) is 0 Å². The van der Waals surface area contributed by atoms with Gasteiger partial charge in [-0.2, -0.15) is 0 Å². The summed E-state index contributed by atoms with van der Waals surface area (Å²) in [5.74, 6) is 0.0859. The molecule has 2 atom stereocenters. The average Bonchev–Trinajstić information content (AvgIpc) is 2.83. The lowest BCUT2D eigenvalue weighted by Crippen LogP contribution is -2.45. The van der Waals surface area contributed by atoms with E-state index in [1.165, 1.54) is 11.3 Å². The Bertz CT molecular complexity index is 436. The number of carbonyl (C=O) groups excluding carboxylic acids is 1. The van der Waals surface area contributed by atoms with E-state index in [0.29, 0.717) is 6.54 Å². The maximum atomic E-state index is 12.0. The second-order valence-corrected chi connectivity index (χ2v) is 6.76. The molecule has 1 aromatic rings. The quantitative estimate of drug-likeness (QED) is 0.841. The van der Waals surface area contributed by atoms with Crippen molar-refractivity contribution in [3.8, 4) is 0 Å². The van der Waals surface area contributed by atoms with Gasteiger partial charge in [0.2, 0.25) is 5.91 Å². The molecule has 0 bridgehead atoms. The first kappa shape index (κ1) is 17.4. The van der Waals surface area contributed by atoms with Gasteiger partial charge in [-0.15, -0.1) is 11.3 Å². The van der Waals surface area contributed by atoms with Crippen LogP contribution in [0.4, 0.5) is 0 Å². The van der Waals surface area contributed by atoms with E-state index in [4.69, 9.17) is 17.3 Å². The van der Waals surface area contributed by atoms with Crippen molar-refractivity contribution < 1.29 is 4.79 Å². The van der Waals surface area contributed by atoms with Gasteiger partial charge in [-0.25, -0.2) is 0 Å². The molecule has 1 amide bonds. The summed E-state index contributed by atoms with van der Waals surface area (Å²) < 4.78 is 0.753. The van der Waals surface area contributed by atoms with Crippen LogP contribution in [0.5, 0.6) is 0 Å². The fraction of sp³-hybridized carbons (Fsp3) is 0.643. The highest BCUT2D eigenvalue weighted by molar-refractivity contribution is 7.16. The van der Waals surface area contributed by atoms with E-state index < -0.39 is 0 Å². The molecule has 0 fully saturated rings. The molecule has 0 spiro atoms. The van der Waals surface area contributed by atoms with Gasteiger partial charge in [0, 0.05) is 25.0 Å². The van der Waals surface area contributed by atoms with Gasteiger partial charge in [-0.3, -0.25) is 9.69 Å². The van der Waals surface area contributed by atoms with Crippen molar-refractivity contribution in [2.45, 2.75) is 32.4 Å². The van der Waals surface area contributed by atoms with Crippen molar-refractivity contribution in [1.82, 2.24) is 9.80 Å². The molecule has 2 N–H and O–H groups in total. The molecule has 0 aromatic carbocycles. The fourth-order valence-electron chi connectivity index (χ4n) is 2.09. The standard InChI is InChI=1S/C14H24ClN3OS/c1-5-10(16)14(11-7-8-12(15)20-11)18(6-2)9-13(19)17(3)4/h7-8,10,14H,5-6,9,16H2,1-4H3. The van der Waals surface area contributed by atoms with E-state index in [1.54, 1.807) is 19.0 Å². The number of thiophene rings is 1. The van der Waals surface area contributed by atoms with E-state index >= 15 is 0 Å². The van der Waals surface area contributed by atoms with E-state index in [0.717, 1.165) is 22.2 Å². The number of nitrogens with zero attached hydrogens (tertiary/aromatic N) is 2. The van der Waals surface area contributed by atoms with Gasteiger partial charge in [-0.05, 0) is 25.1 Å². The lowest BCUT2D eigenvalue weighted by molar-refractivity contribution is -0.130. The van der Waals surface area contributed by atoms with Gasteiger partial charge in [0.25, 0.3) is 0 Å². The van der Waals surface area contributed by atoms with E-state index in [9.17, 15) is 4.79 Å². The predicted molar refractivity (Wildman–Crippen MR) is 86.3 cm³/mol. The zero-order valence-corrected chi connectivity index (χ0v) is 14.2. The Labute approximate surface area is 130 Å². The zero-order valence-electron chi connectivity index (χ0n) is 12.6. The van der Waals surface area contributed by atoms with Gasteiger partial charge in [0.15, 0.2) is 0 Å². The van der Waals surface area contributed by atoms with Crippen LogP contribution in [0.25, 0.3) is 0 Å². The Hall–Kier alpha value is -0.620. The molecule has 20 heavy (non-hydrogen) atoms. The first-order valence-corrected chi connectivity index (χ1v) is 8.05. The number of likely N-dealkylation sites (N-methyl/N-ethyl adjacent to an activating group) is 2. The first-order chi connectivity index (χ1) is 9.40. The van der Waals surface area contributed by atoms with Crippen LogP contribution in [-0.4, -0.2) is 48.9 Å². The van der Waals surface area contributed by atoms with Crippen molar-refractivity contribution in [1.29, 1.82) is 0 Å².